The predicted octanol–water partition coefficient (Wildman–Crippen LogP) is 3.86. The first kappa shape index (κ1) is 23.5. The van der Waals surface area contributed by atoms with E-state index in [2.05, 4.69) is 5.32 Å². The van der Waals surface area contributed by atoms with Gasteiger partial charge < -0.3 is 14.4 Å². The summed E-state index contributed by atoms with van der Waals surface area (Å²) in [5.74, 6) is -2.28. The van der Waals surface area contributed by atoms with E-state index in [1.54, 1.807) is 62.4 Å². The van der Waals surface area contributed by atoms with Crippen LogP contribution in [0.15, 0.2) is 60.2 Å². The fourth-order valence-corrected chi connectivity index (χ4v) is 4.06. The maximum absolute atomic E-state index is 13.3. The van der Waals surface area contributed by atoms with Crippen molar-refractivity contribution in [2.75, 3.05) is 11.5 Å². The zero-order valence-corrected chi connectivity index (χ0v) is 19.4. The minimum atomic E-state index is -1.04. The molecule has 0 aliphatic carbocycles. The lowest BCUT2D eigenvalue weighted by Crippen LogP contribution is -2.54. The third-order valence-corrected chi connectivity index (χ3v) is 5.63. The summed E-state index contributed by atoms with van der Waals surface area (Å²) in [7, 11) is 0. The van der Waals surface area contributed by atoms with Crippen LogP contribution in [0.5, 0.6) is 5.75 Å². The van der Waals surface area contributed by atoms with Crippen LogP contribution >= 0.6 is 0 Å². The molecular formula is C26H23N3O6. The summed E-state index contributed by atoms with van der Waals surface area (Å²) in [6.45, 7) is 5.74. The van der Waals surface area contributed by atoms with E-state index in [1.807, 2.05) is 11.5 Å². The molecule has 2 aromatic carbocycles. The van der Waals surface area contributed by atoms with E-state index >= 15 is 0 Å². The van der Waals surface area contributed by atoms with Gasteiger partial charge in [0.25, 0.3) is 11.8 Å². The van der Waals surface area contributed by atoms with Gasteiger partial charge in [0, 0.05) is 17.1 Å². The van der Waals surface area contributed by atoms with Gasteiger partial charge in [-0.25, -0.2) is 14.5 Å². The molecule has 0 radical (unpaired) electrons. The van der Waals surface area contributed by atoms with E-state index in [0.717, 1.165) is 10.6 Å². The van der Waals surface area contributed by atoms with Gasteiger partial charge in [-0.3, -0.25) is 14.9 Å². The number of aryl methyl sites for hydroxylation is 1. The molecule has 3 aromatic rings. The van der Waals surface area contributed by atoms with Crippen molar-refractivity contribution in [2.24, 2.45) is 0 Å². The van der Waals surface area contributed by atoms with Crippen molar-refractivity contribution >= 4 is 35.6 Å². The molecule has 1 fully saturated rings. The van der Waals surface area contributed by atoms with Gasteiger partial charge in [0.2, 0.25) is 0 Å². The second-order valence-electron chi connectivity index (χ2n) is 7.88. The molecule has 9 nitrogen and oxygen atoms in total. The highest BCUT2D eigenvalue weighted by molar-refractivity contribution is 6.39. The van der Waals surface area contributed by atoms with Crippen molar-refractivity contribution in [2.45, 2.75) is 20.8 Å². The molecule has 4 rings (SSSR count). The smallest absolute Gasteiger partial charge is 0.336 e. The van der Waals surface area contributed by atoms with Crippen LogP contribution in [0.1, 0.15) is 34.2 Å². The van der Waals surface area contributed by atoms with Crippen molar-refractivity contribution in [3.8, 4) is 11.4 Å². The topological polar surface area (TPSA) is 118 Å². The summed E-state index contributed by atoms with van der Waals surface area (Å²) in [5, 5.41) is 11.5. The van der Waals surface area contributed by atoms with Crippen LogP contribution in [0.25, 0.3) is 11.8 Å². The molecule has 1 saturated heterocycles. The average molecular weight is 473 g/mol. The number of nitrogens with one attached hydrogen (secondary N) is 1. The van der Waals surface area contributed by atoms with Crippen molar-refractivity contribution in [1.82, 2.24) is 9.88 Å². The number of hydrogen-bond acceptors (Lipinski definition) is 5. The number of para-hydroxylation sites is 2. The zero-order chi connectivity index (χ0) is 25.3. The number of amides is 4. The number of rotatable bonds is 6. The Hall–Kier alpha value is -4.66. The number of imide groups is 2. The number of aromatic carboxylic acids is 1. The van der Waals surface area contributed by atoms with Gasteiger partial charge >= 0.3 is 12.0 Å². The molecule has 2 heterocycles. The molecule has 1 aromatic heterocycles. The summed E-state index contributed by atoms with van der Waals surface area (Å²) in [4.78, 5) is 50.9. The molecule has 35 heavy (non-hydrogen) atoms. The number of carboxylic acid groups (broad SMARTS) is 1. The van der Waals surface area contributed by atoms with E-state index in [9.17, 15) is 24.3 Å². The molecule has 1 aliphatic heterocycles. The van der Waals surface area contributed by atoms with E-state index in [4.69, 9.17) is 4.74 Å². The van der Waals surface area contributed by atoms with E-state index in [0.29, 0.717) is 29.3 Å². The Kier molecular flexibility index (Phi) is 6.24. The summed E-state index contributed by atoms with van der Waals surface area (Å²) in [5.41, 5.74) is 2.83. The van der Waals surface area contributed by atoms with Crippen LogP contribution in [0.2, 0.25) is 0 Å². The first-order valence-electron chi connectivity index (χ1n) is 10.9. The van der Waals surface area contributed by atoms with Gasteiger partial charge in [-0.2, -0.15) is 0 Å². The molecule has 0 bridgehead atoms. The third-order valence-electron chi connectivity index (χ3n) is 5.63. The number of aromatic nitrogens is 1. The zero-order valence-electron chi connectivity index (χ0n) is 19.4. The Morgan fingerprint density at radius 1 is 1.06 bits per heavy atom. The summed E-state index contributed by atoms with van der Waals surface area (Å²) in [6.07, 6.45) is 1.43. The molecule has 4 amide bonds. The number of ether oxygens (including phenoxy) is 1. The summed E-state index contributed by atoms with van der Waals surface area (Å²) in [6, 6.07) is 14.0. The molecule has 0 atom stereocenters. The highest BCUT2D eigenvalue weighted by Crippen LogP contribution is 2.32. The van der Waals surface area contributed by atoms with Gasteiger partial charge in [-0.15, -0.1) is 0 Å². The lowest BCUT2D eigenvalue weighted by Gasteiger charge is -2.27. The minimum absolute atomic E-state index is 0.138. The van der Waals surface area contributed by atoms with Crippen LogP contribution in [0, 0.1) is 13.8 Å². The van der Waals surface area contributed by atoms with Crippen LogP contribution in [-0.4, -0.2) is 40.1 Å². The molecule has 2 N–H and O–H groups in total. The average Bonchev–Trinajstić information content (AvgIpc) is 3.10. The van der Waals surface area contributed by atoms with Crippen LogP contribution in [0.3, 0.4) is 0 Å². The van der Waals surface area contributed by atoms with E-state index < -0.39 is 23.8 Å². The van der Waals surface area contributed by atoms with Gasteiger partial charge in [0.15, 0.2) is 0 Å². The largest absolute Gasteiger partial charge is 0.492 e. The Balaban J connectivity index is 1.77. The Morgan fingerprint density at radius 2 is 1.80 bits per heavy atom. The Labute approximate surface area is 201 Å². The molecule has 1 aliphatic rings. The van der Waals surface area contributed by atoms with E-state index in [1.165, 1.54) is 12.1 Å². The SMILES string of the molecule is CCOc1ccccc1N1C(=O)NC(=O)C(=Cc2cc(C)n(-c3cccc(C(=O)O)c3)c2C)C1=O. The first-order chi connectivity index (χ1) is 16.7. The fourth-order valence-electron chi connectivity index (χ4n) is 4.06. The van der Waals surface area contributed by atoms with Crippen molar-refractivity contribution in [1.29, 1.82) is 0 Å². The highest BCUT2D eigenvalue weighted by atomic mass is 16.5. The number of carbonyl (C=O) groups is 4. The molecule has 178 valence electrons. The van der Waals surface area contributed by atoms with Gasteiger partial charge in [-0.05, 0) is 68.8 Å². The third kappa shape index (κ3) is 4.31. The van der Waals surface area contributed by atoms with Crippen molar-refractivity contribution < 1.29 is 29.0 Å². The molecule has 9 heteroatoms. The Bertz CT molecular complexity index is 1400. The van der Waals surface area contributed by atoms with Gasteiger partial charge in [0.1, 0.15) is 11.3 Å². The first-order valence-corrected chi connectivity index (χ1v) is 10.9. The molecular weight excluding hydrogens is 450 g/mol. The van der Waals surface area contributed by atoms with Crippen molar-refractivity contribution in [3.05, 3.63) is 82.7 Å². The summed E-state index contributed by atoms with van der Waals surface area (Å²) >= 11 is 0. The summed E-state index contributed by atoms with van der Waals surface area (Å²) < 4.78 is 7.39. The van der Waals surface area contributed by atoms with Crippen LogP contribution in [-0.2, 0) is 9.59 Å². The van der Waals surface area contributed by atoms with Crippen LogP contribution < -0.4 is 15.0 Å². The number of carboxylic acids is 1. The maximum atomic E-state index is 13.3. The number of anilines is 1. The van der Waals surface area contributed by atoms with Crippen molar-refractivity contribution in [3.63, 3.8) is 0 Å². The van der Waals surface area contributed by atoms with E-state index in [-0.39, 0.29) is 16.8 Å². The standard InChI is InChI=1S/C26H23N3O6/c1-4-35-22-11-6-5-10-21(22)29-24(31)20(23(30)27-26(29)34)14-18-12-15(2)28(16(18)3)19-9-7-8-17(13-19)25(32)33/h5-14H,4H2,1-3H3,(H,32,33)(H,27,30,34). The number of hydrogen-bond donors (Lipinski definition) is 2. The van der Waals surface area contributed by atoms with Gasteiger partial charge in [-0.1, -0.05) is 18.2 Å². The fraction of sp³-hybridized carbons (Fsp3) is 0.154. The number of carbonyl (C=O) groups excluding carboxylic acids is 3. The lowest BCUT2D eigenvalue weighted by atomic mass is 10.1. The number of urea groups is 1. The lowest BCUT2D eigenvalue weighted by molar-refractivity contribution is -0.122. The number of barbiturate groups is 1. The molecule has 0 unspecified atom stereocenters. The highest BCUT2D eigenvalue weighted by Gasteiger charge is 2.38. The quantitative estimate of drug-likeness (QED) is 0.415. The normalized spacial score (nSPS) is 14.9. The van der Waals surface area contributed by atoms with Gasteiger partial charge in [0.05, 0.1) is 17.9 Å². The number of nitrogens with zero attached hydrogens (tertiary/aromatic N) is 2. The maximum Gasteiger partial charge on any atom is 0.336 e. The second-order valence-corrected chi connectivity index (χ2v) is 7.88. The Morgan fingerprint density at radius 3 is 2.51 bits per heavy atom. The minimum Gasteiger partial charge on any atom is -0.492 e. The number of benzene rings is 2. The molecule has 0 spiro atoms. The molecule has 0 saturated carbocycles. The second kappa shape index (κ2) is 9.30. The monoisotopic (exact) mass is 473 g/mol. The predicted molar refractivity (Wildman–Crippen MR) is 129 cm³/mol. The van der Waals surface area contributed by atoms with Crippen LogP contribution in [0.4, 0.5) is 10.5 Å².